The standard InChI is InChI=1S/C24H16BrClN2O6S/c1-14-2-9-18(10-3-14)35(32,33)34-21-11-4-15(13-20(21)26)12-19-22(29)27-24(31)28(23(19)30)17-7-5-16(25)6-8-17/h2-13H,1H3,(H,27,29,31)/b19-12+. The van der Waals surface area contributed by atoms with Gasteiger partial charge in [-0.1, -0.05) is 51.3 Å². The molecule has 0 aromatic heterocycles. The topological polar surface area (TPSA) is 110 Å². The largest absolute Gasteiger partial charge is 0.377 e. The number of anilines is 1. The minimum absolute atomic E-state index is 0.0347. The van der Waals surface area contributed by atoms with Gasteiger partial charge in [0.05, 0.1) is 10.7 Å². The molecule has 0 saturated carbocycles. The number of halogens is 2. The summed E-state index contributed by atoms with van der Waals surface area (Å²) in [6.45, 7) is 1.83. The molecule has 1 N–H and O–H groups in total. The molecule has 4 rings (SSSR count). The summed E-state index contributed by atoms with van der Waals surface area (Å²) in [7, 11) is -4.12. The number of carbonyl (C=O) groups excluding carboxylic acids is 3. The summed E-state index contributed by atoms with van der Waals surface area (Å²) in [6.07, 6.45) is 1.25. The second-order valence-electron chi connectivity index (χ2n) is 7.47. The average molecular weight is 576 g/mol. The van der Waals surface area contributed by atoms with Crippen molar-refractivity contribution in [3.8, 4) is 5.75 Å². The highest BCUT2D eigenvalue weighted by molar-refractivity contribution is 9.10. The lowest BCUT2D eigenvalue weighted by molar-refractivity contribution is -0.122. The molecule has 0 unspecified atom stereocenters. The second-order valence-corrected chi connectivity index (χ2v) is 10.3. The van der Waals surface area contributed by atoms with Crippen LogP contribution in [0.3, 0.4) is 0 Å². The molecule has 35 heavy (non-hydrogen) atoms. The van der Waals surface area contributed by atoms with E-state index in [1.54, 1.807) is 36.4 Å². The molecular formula is C24H16BrClN2O6S. The summed E-state index contributed by atoms with van der Waals surface area (Å²) in [5.41, 5.74) is 1.18. The van der Waals surface area contributed by atoms with Crippen LogP contribution in [0.5, 0.6) is 5.75 Å². The van der Waals surface area contributed by atoms with Crippen LogP contribution < -0.4 is 14.4 Å². The van der Waals surface area contributed by atoms with Crippen LogP contribution in [0.15, 0.2) is 81.7 Å². The Kier molecular flexibility index (Phi) is 6.79. The van der Waals surface area contributed by atoms with E-state index in [1.807, 2.05) is 6.92 Å². The number of hydrogen-bond acceptors (Lipinski definition) is 6. The first-order valence-electron chi connectivity index (χ1n) is 10.0. The number of rotatable bonds is 5. The Morgan fingerprint density at radius 3 is 2.26 bits per heavy atom. The maximum Gasteiger partial charge on any atom is 0.339 e. The number of barbiturate groups is 1. The zero-order valence-corrected chi connectivity index (χ0v) is 21.1. The average Bonchev–Trinajstić information content (AvgIpc) is 2.80. The van der Waals surface area contributed by atoms with Crippen molar-refractivity contribution in [2.45, 2.75) is 11.8 Å². The molecule has 1 fully saturated rings. The summed E-state index contributed by atoms with van der Waals surface area (Å²) >= 11 is 9.51. The van der Waals surface area contributed by atoms with E-state index in [4.69, 9.17) is 15.8 Å². The highest BCUT2D eigenvalue weighted by atomic mass is 79.9. The lowest BCUT2D eigenvalue weighted by Gasteiger charge is -2.26. The number of urea groups is 1. The number of benzene rings is 3. The van der Waals surface area contributed by atoms with Crippen LogP contribution in [0.2, 0.25) is 5.02 Å². The Labute approximate surface area is 214 Å². The minimum Gasteiger partial charge on any atom is -0.377 e. The van der Waals surface area contributed by atoms with Gasteiger partial charge >= 0.3 is 16.1 Å². The van der Waals surface area contributed by atoms with E-state index in [-0.39, 0.29) is 26.9 Å². The van der Waals surface area contributed by atoms with E-state index < -0.39 is 28.0 Å². The molecular weight excluding hydrogens is 560 g/mol. The maximum atomic E-state index is 13.0. The molecule has 11 heteroatoms. The van der Waals surface area contributed by atoms with Crippen molar-refractivity contribution >= 4 is 67.3 Å². The van der Waals surface area contributed by atoms with Gasteiger partial charge in [0, 0.05) is 4.47 Å². The van der Waals surface area contributed by atoms with Gasteiger partial charge in [0.2, 0.25) is 0 Å². The van der Waals surface area contributed by atoms with E-state index in [2.05, 4.69) is 21.2 Å². The van der Waals surface area contributed by atoms with Gasteiger partial charge in [0.25, 0.3) is 11.8 Å². The molecule has 0 spiro atoms. The number of carbonyl (C=O) groups is 3. The summed E-state index contributed by atoms with van der Waals surface area (Å²) in [4.78, 5) is 38.5. The quantitative estimate of drug-likeness (QED) is 0.265. The molecule has 1 saturated heterocycles. The van der Waals surface area contributed by atoms with Crippen molar-refractivity contribution in [1.29, 1.82) is 0 Å². The molecule has 3 aromatic rings. The van der Waals surface area contributed by atoms with Gasteiger partial charge in [-0.05, 0) is 67.1 Å². The van der Waals surface area contributed by atoms with E-state index in [9.17, 15) is 22.8 Å². The van der Waals surface area contributed by atoms with Crippen molar-refractivity contribution in [2.24, 2.45) is 0 Å². The normalized spacial score (nSPS) is 15.3. The predicted molar refractivity (Wildman–Crippen MR) is 134 cm³/mol. The summed E-state index contributed by atoms with van der Waals surface area (Å²) in [5.74, 6) is -1.81. The second kappa shape index (κ2) is 9.65. The highest BCUT2D eigenvalue weighted by Crippen LogP contribution is 2.30. The third-order valence-corrected chi connectivity index (χ3v) is 7.04. The monoisotopic (exact) mass is 574 g/mol. The Morgan fingerprint density at radius 2 is 1.63 bits per heavy atom. The van der Waals surface area contributed by atoms with Crippen molar-refractivity contribution in [1.82, 2.24) is 5.32 Å². The predicted octanol–water partition coefficient (Wildman–Crippen LogP) is 4.85. The van der Waals surface area contributed by atoms with Gasteiger partial charge in [-0.3, -0.25) is 14.9 Å². The van der Waals surface area contributed by atoms with E-state index in [1.165, 1.54) is 36.4 Å². The van der Waals surface area contributed by atoms with Crippen LogP contribution in [-0.2, 0) is 19.7 Å². The summed E-state index contributed by atoms with van der Waals surface area (Å²) < 4.78 is 31.0. The first-order valence-corrected chi connectivity index (χ1v) is 12.6. The minimum atomic E-state index is -4.12. The number of imide groups is 2. The van der Waals surface area contributed by atoms with Gasteiger partial charge in [-0.15, -0.1) is 0 Å². The Bertz CT molecular complexity index is 1490. The Hall–Kier alpha value is -3.47. The molecule has 0 atom stereocenters. The molecule has 1 aliphatic heterocycles. The van der Waals surface area contributed by atoms with Gasteiger partial charge in [-0.25, -0.2) is 9.69 Å². The van der Waals surface area contributed by atoms with Crippen LogP contribution in [0.1, 0.15) is 11.1 Å². The first-order chi connectivity index (χ1) is 16.5. The van der Waals surface area contributed by atoms with E-state index in [0.29, 0.717) is 5.56 Å². The molecule has 178 valence electrons. The fourth-order valence-corrected chi connectivity index (χ4v) is 4.68. The summed E-state index contributed by atoms with van der Waals surface area (Å²) in [5, 5.41) is 2.08. The number of nitrogens with one attached hydrogen (secondary N) is 1. The van der Waals surface area contributed by atoms with Crippen LogP contribution >= 0.6 is 27.5 Å². The van der Waals surface area contributed by atoms with Crippen LogP contribution in [0.4, 0.5) is 10.5 Å². The smallest absolute Gasteiger partial charge is 0.339 e. The molecule has 4 amide bonds. The SMILES string of the molecule is Cc1ccc(S(=O)(=O)Oc2ccc(/C=C3\C(=O)NC(=O)N(c4ccc(Br)cc4)C3=O)cc2Cl)cc1. The molecule has 0 radical (unpaired) electrons. The van der Waals surface area contributed by atoms with E-state index >= 15 is 0 Å². The fourth-order valence-electron chi connectivity index (χ4n) is 3.19. The fraction of sp³-hybridized carbons (Fsp3) is 0.0417. The van der Waals surface area contributed by atoms with Crippen molar-refractivity contribution < 1.29 is 27.0 Å². The summed E-state index contributed by atoms with van der Waals surface area (Å²) in [6, 6.07) is 15.7. The molecule has 3 aromatic carbocycles. The molecule has 0 bridgehead atoms. The maximum absolute atomic E-state index is 13.0. The molecule has 0 aliphatic carbocycles. The van der Waals surface area contributed by atoms with Gasteiger partial charge in [0.1, 0.15) is 10.5 Å². The number of amides is 4. The van der Waals surface area contributed by atoms with Gasteiger partial charge < -0.3 is 4.18 Å². The number of hydrogen-bond donors (Lipinski definition) is 1. The lowest BCUT2D eigenvalue weighted by Crippen LogP contribution is -2.54. The highest BCUT2D eigenvalue weighted by Gasteiger charge is 2.36. The van der Waals surface area contributed by atoms with Crippen molar-refractivity contribution in [3.05, 3.63) is 92.9 Å². The van der Waals surface area contributed by atoms with E-state index in [0.717, 1.165) is 14.9 Å². The third-order valence-electron chi connectivity index (χ3n) is 4.96. The number of aryl methyl sites for hydroxylation is 1. The van der Waals surface area contributed by atoms with Crippen molar-refractivity contribution in [3.63, 3.8) is 0 Å². The van der Waals surface area contributed by atoms with Crippen LogP contribution in [0, 0.1) is 6.92 Å². The Morgan fingerprint density at radius 1 is 0.971 bits per heavy atom. The molecule has 1 heterocycles. The molecule has 8 nitrogen and oxygen atoms in total. The first kappa shape index (κ1) is 24.6. The Balaban J connectivity index is 1.61. The zero-order chi connectivity index (χ0) is 25.3. The molecule has 1 aliphatic rings. The van der Waals surface area contributed by atoms with Crippen LogP contribution in [-0.4, -0.2) is 26.3 Å². The van der Waals surface area contributed by atoms with Gasteiger partial charge in [0.15, 0.2) is 5.75 Å². The van der Waals surface area contributed by atoms with Crippen molar-refractivity contribution in [2.75, 3.05) is 4.90 Å². The van der Waals surface area contributed by atoms with Gasteiger partial charge in [-0.2, -0.15) is 8.42 Å². The zero-order valence-electron chi connectivity index (χ0n) is 18.0. The van der Waals surface area contributed by atoms with Crippen LogP contribution in [0.25, 0.3) is 6.08 Å². The number of nitrogens with zero attached hydrogens (tertiary/aromatic N) is 1. The lowest BCUT2D eigenvalue weighted by atomic mass is 10.1. The third kappa shape index (κ3) is 5.29.